The molecule has 0 spiro atoms. The maximum absolute atomic E-state index is 15.0. The average molecular weight is 530 g/mol. The Morgan fingerprint density at radius 2 is 1.66 bits per heavy atom. The molecule has 0 bridgehead atoms. The zero-order valence-electron chi connectivity index (χ0n) is 22.2. The van der Waals surface area contributed by atoms with Crippen LogP contribution in [-0.4, -0.2) is 53.7 Å². The molecule has 2 aromatic rings. The van der Waals surface area contributed by atoms with E-state index in [1.807, 2.05) is 29.2 Å². The van der Waals surface area contributed by atoms with Gasteiger partial charge in [0.15, 0.2) is 0 Å². The Kier molecular flexibility index (Phi) is 8.13. The number of hydrogen-bond donors (Lipinski definition) is 0. The third kappa shape index (κ3) is 5.93. The fourth-order valence-corrected chi connectivity index (χ4v) is 6.35. The lowest BCUT2D eigenvalue weighted by Crippen LogP contribution is -2.53. The molecule has 3 aliphatic rings. The molecule has 5 rings (SSSR count). The summed E-state index contributed by atoms with van der Waals surface area (Å²) in [5, 5.41) is 0. The predicted octanol–water partition coefficient (Wildman–Crippen LogP) is 7.72. The molecular weight excluding hydrogens is 490 g/mol. The summed E-state index contributed by atoms with van der Waals surface area (Å²) >= 11 is 0. The van der Waals surface area contributed by atoms with E-state index in [0.717, 1.165) is 54.9 Å². The molecule has 2 aliphatic heterocycles. The van der Waals surface area contributed by atoms with Crippen LogP contribution >= 0.6 is 0 Å². The quantitative estimate of drug-likeness (QED) is 0.326. The van der Waals surface area contributed by atoms with Crippen LogP contribution in [0.5, 0.6) is 0 Å². The summed E-state index contributed by atoms with van der Waals surface area (Å²) in [6.07, 6.45) is 5.81. The van der Waals surface area contributed by atoms with Crippen molar-refractivity contribution >= 4 is 5.70 Å². The molecule has 1 saturated carbocycles. The summed E-state index contributed by atoms with van der Waals surface area (Å²) in [6.45, 7) is 7.82. The van der Waals surface area contributed by atoms with Crippen molar-refractivity contribution in [2.45, 2.75) is 70.4 Å². The van der Waals surface area contributed by atoms with Crippen LogP contribution in [0.25, 0.3) is 16.8 Å². The number of aryl methyl sites for hydroxylation is 1. The number of benzene rings is 1. The topological polar surface area (TPSA) is 19.4 Å². The monoisotopic (exact) mass is 529 g/mol. The van der Waals surface area contributed by atoms with Crippen LogP contribution in [0.1, 0.15) is 69.0 Å². The number of pyridine rings is 1. The van der Waals surface area contributed by atoms with Crippen LogP contribution in [-0.2, 0) is 6.42 Å². The van der Waals surface area contributed by atoms with Crippen molar-refractivity contribution in [3.63, 3.8) is 0 Å². The molecule has 7 heteroatoms. The van der Waals surface area contributed by atoms with Crippen LogP contribution in [0.15, 0.2) is 43.1 Å². The van der Waals surface area contributed by atoms with Gasteiger partial charge >= 0.3 is 6.18 Å². The first kappa shape index (κ1) is 27.2. The third-order valence-corrected chi connectivity index (χ3v) is 9.15. The van der Waals surface area contributed by atoms with Gasteiger partial charge in [0.1, 0.15) is 5.82 Å². The first-order valence-electron chi connectivity index (χ1n) is 14.2. The number of likely N-dealkylation sites (tertiary alicyclic amines) is 2. The highest BCUT2D eigenvalue weighted by atomic mass is 19.4. The summed E-state index contributed by atoms with van der Waals surface area (Å²) in [5.74, 6) is 0.220. The van der Waals surface area contributed by atoms with Crippen LogP contribution < -0.4 is 0 Å². The molecule has 206 valence electrons. The van der Waals surface area contributed by atoms with Gasteiger partial charge in [0, 0.05) is 31.4 Å². The summed E-state index contributed by atoms with van der Waals surface area (Å²) in [6, 6.07) is 9.35. The summed E-state index contributed by atoms with van der Waals surface area (Å²) in [5.41, 5.74) is 2.70. The van der Waals surface area contributed by atoms with Crippen LogP contribution in [0.4, 0.5) is 17.6 Å². The van der Waals surface area contributed by atoms with E-state index in [4.69, 9.17) is 0 Å². The van der Waals surface area contributed by atoms with Gasteiger partial charge in [0.2, 0.25) is 0 Å². The third-order valence-electron chi connectivity index (χ3n) is 9.15. The van der Waals surface area contributed by atoms with Gasteiger partial charge in [0.05, 0.1) is 16.8 Å². The Hall–Kier alpha value is -2.41. The molecule has 0 radical (unpaired) electrons. The van der Waals surface area contributed by atoms with E-state index in [1.165, 1.54) is 19.3 Å². The number of hydrogen-bond acceptors (Lipinski definition) is 3. The van der Waals surface area contributed by atoms with Crippen molar-refractivity contribution < 1.29 is 17.6 Å². The predicted molar refractivity (Wildman–Crippen MR) is 144 cm³/mol. The maximum Gasteiger partial charge on any atom is 0.395 e. The van der Waals surface area contributed by atoms with Crippen molar-refractivity contribution in [1.29, 1.82) is 0 Å². The van der Waals surface area contributed by atoms with Gasteiger partial charge in [-0.1, -0.05) is 31.2 Å². The van der Waals surface area contributed by atoms with E-state index in [9.17, 15) is 17.6 Å². The van der Waals surface area contributed by atoms with Gasteiger partial charge < -0.3 is 9.80 Å². The van der Waals surface area contributed by atoms with Gasteiger partial charge in [-0.25, -0.2) is 4.39 Å². The second kappa shape index (κ2) is 11.4. The van der Waals surface area contributed by atoms with Gasteiger partial charge in [-0.05, 0) is 100 Å². The van der Waals surface area contributed by atoms with E-state index in [0.29, 0.717) is 37.4 Å². The lowest BCUT2D eigenvalue weighted by atomic mass is 9.67. The van der Waals surface area contributed by atoms with E-state index in [2.05, 4.69) is 16.5 Å². The number of halogens is 4. The molecule has 0 N–H and O–H groups in total. The maximum atomic E-state index is 15.0. The van der Waals surface area contributed by atoms with E-state index in [-0.39, 0.29) is 25.2 Å². The minimum absolute atomic E-state index is 0.140. The summed E-state index contributed by atoms with van der Waals surface area (Å²) in [4.78, 5) is 8.89. The molecule has 3 fully saturated rings. The van der Waals surface area contributed by atoms with Crippen LogP contribution in [0, 0.1) is 17.2 Å². The molecule has 38 heavy (non-hydrogen) atoms. The molecular formula is C31H39F4N3. The zero-order valence-corrected chi connectivity index (χ0v) is 22.2. The SMILES string of the molecule is C=C(c1ccc(-c2ccc(CCC3CCN(CC4(C(F)(F)F)CCC4)CC3)c(F)c2)cn1)N1CCCCC1. The molecule has 2 saturated heterocycles. The standard InChI is InChI=1S/C31H39F4N3/c1-23(38-16-3-2-4-17-38)29-11-10-27(21-36-29)26-9-8-25(28(32)20-26)7-6-24-12-18-37(19-13-24)22-30(14-5-15-30)31(33,34)35/h8-11,20-21,24H,1-7,12-19,22H2. The highest BCUT2D eigenvalue weighted by Gasteiger charge is 2.58. The Bertz CT molecular complexity index is 1090. The van der Waals surface area contributed by atoms with Crippen molar-refractivity contribution in [3.8, 4) is 11.1 Å². The normalized spacial score (nSPS) is 20.8. The minimum atomic E-state index is -4.11. The highest BCUT2D eigenvalue weighted by molar-refractivity contribution is 5.66. The molecule has 1 aromatic heterocycles. The van der Waals surface area contributed by atoms with Crippen molar-refractivity contribution in [2.24, 2.45) is 11.3 Å². The number of piperidine rings is 2. The first-order chi connectivity index (χ1) is 18.2. The average Bonchev–Trinajstić information content (AvgIpc) is 2.90. The Morgan fingerprint density at radius 3 is 2.24 bits per heavy atom. The van der Waals surface area contributed by atoms with Crippen LogP contribution in [0.2, 0.25) is 0 Å². The van der Waals surface area contributed by atoms with Gasteiger partial charge in [-0.2, -0.15) is 13.2 Å². The smallest absolute Gasteiger partial charge is 0.370 e. The largest absolute Gasteiger partial charge is 0.395 e. The van der Waals surface area contributed by atoms with Crippen molar-refractivity contribution in [2.75, 3.05) is 32.7 Å². The number of rotatable bonds is 8. The van der Waals surface area contributed by atoms with Gasteiger partial charge in [-0.15, -0.1) is 0 Å². The number of alkyl halides is 3. The van der Waals surface area contributed by atoms with Crippen molar-refractivity contribution in [3.05, 3.63) is 60.2 Å². The van der Waals surface area contributed by atoms with Gasteiger partial charge in [-0.3, -0.25) is 4.98 Å². The van der Waals surface area contributed by atoms with E-state index in [1.54, 1.807) is 12.3 Å². The van der Waals surface area contributed by atoms with Crippen molar-refractivity contribution in [1.82, 2.24) is 14.8 Å². The lowest BCUT2D eigenvalue weighted by molar-refractivity contribution is -0.256. The fraction of sp³-hybridized carbons (Fsp3) is 0.581. The molecule has 3 nitrogen and oxygen atoms in total. The van der Waals surface area contributed by atoms with E-state index < -0.39 is 11.6 Å². The minimum Gasteiger partial charge on any atom is -0.370 e. The second-order valence-electron chi connectivity index (χ2n) is 11.6. The molecule has 1 aromatic carbocycles. The molecule has 1 aliphatic carbocycles. The van der Waals surface area contributed by atoms with E-state index >= 15 is 0 Å². The summed E-state index contributed by atoms with van der Waals surface area (Å²) in [7, 11) is 0. The fourth-order valence-electron chi connectivity index (χ4n) is 6.35. The Balaban J connectivity index is 1.11. The Labute approximate surface area is 223 Å². The molecule has 0 amide bonds. The zero-order chi connectivity index (χ0) is 26.8. The second-order valence-corrected chi connectivity index (χ2v) is 11.6. The Morgan fingerprint density at radius 1 is 0.947 bits per heavy atom. The number of aromatic nitrogens is 1. The first-order valence-corrected chi connectivity index (χ1v) is 14.2. The highest BCUT2D eigenvalue weighted by Crippen LogP contribution is 2.53. The molecule has 3 heterocycles. The lowest BCUT2D eigenvalue weighted by Gasteiger charge is -2.47. The summed E-state index contributed by atoms with van der Waals surface area (Å²) < 4.78 is 55.5. The number of nitrogens with zero attached hydrogens (tertiary/aromatic N) is 3. The van der Waals surface area contributed by atoms with Crippen LogP contribution in [0.3, 0.4) is 0 Å². The van der Waals surface area contributed by atoms with Gasteiger partial charge in [0.25, 0.3) is 0 Å². The molecule has 0 atom stereocenters. The molecule has 0 unspecified atom stereocenters.